The predicted octanol–water partition coefficient (Wildman–Crippen LogP) is 4.27. The molecule has 0 amide bonds. The minimum absolute atomic E-state index is 0.0306. The Balaban J connectivity index is 2.30. The van der Waals surface area contributed by atoms with E-state index >= 15 is 0 Å². The van der Waals surface area contributed by atoms with Gasteiger partial charge in [0.25, 0.3) is 0 Å². The van der Waals surface area contributed by atoms with Gasteiger partial charge in [-0.2, -0.15) is 0 Å². The molecule has 0 aliphatic heterocycles. The summed E-state index contributed by atoms with van der Waals surface area (Å²) in [6, 6.07) is 12.9. The largest absolute Gasteiger partial charge is 0.497 e. The number of nitrogens with one attached hydrogen (secondary N) is 1. The lowest BCUT2D eigenvalue weighted by atomic mass is 10.1. The maximum Gasteiger partial charge on any atom is 0.129 e. The fourth-order valence-electron chi connectivity index (χ4n) is 1.94. The molecule has 0 aromatic heterocycles. The monoisotopic (exact) mass is 291 g/mol. The van der Waals surface area contributed by atoms with Gasteiger partial charge in [-0.25, -0.2) is 4.39 Å². The van der Waals surface area contributed by atoms with Gasteiger partial charge in [-0.05, 0) is 50.4 Å². The van der Waals surface area contributed by atoms with Gasteiger partial charge in [-0.1, -0.05) is 17.8 Å². The Bertz CT molecular complexity index is 571. The van der Waals surface area contributed by atoms with Gasteiger partial charge in [0.1, 0.15) is 11.6 Å². The SMILES string of the molecule is CNC(C)c1c(F)cccc1Sc1ccc(OC)cc1. The zero-order chi connectivity index (χ0) is 14.5. The van der Waals surface area contributed by atoms with E-state index in [-0.39, 0.29) is 11.9 Å². The topological polar surface area (TPSA) is 21.3 Å². The summed E-state index contributed by atoms with van der Waals surface area (Å²) in [7, 11) is 3.47. The van der Waals surface area contributed by atoms with Crippen molar-refractivity contribution in [3.63, 3.8) is 0 Å². The molecule has 0 heterocycles. The van der Waals surface area contributed by atoms with E-state index in [0.29, 0.717) is 5.56 Å². The summed E-state index contributed by atoms with van der Waals surface area (Å²) < 4.78 is 19.2. The molecule has 0 fully saturated rings. The predicted molar refractivity (Wildman–Crippen MR) is 81.0 cm³/mol. The van der Waals surface area contributed by atoms with E-state index in [9.17, 15) is 4.39 Å². The molecule has 0 bridgehead atoms. The van der Waals surface area contributed by atoms with Gasteiger partial charge >= 0.3 is 0 Å². The maximum atomic E-state index is 14.0. The van der Waals surface area contributed by atoms with Gasteiger partial charge < -0.3 is 10.1 Å². The highest BCUT2D eigenvalue weighted by atomic mass is 32.2. The van der Waals surface area contributed by atoms with Crippen molar-refractivity contribution in [3.05, 3.63) is 53.8 Å². The molecule has 4 heteroatoms. The molecule has 2 aromatic carbocycles. The molecule has 1 N–H and O–H groups in total. The average molecular weight is 291 g/mol. The van der Waals surface area contributed by atoms with Crippen LogP contribution in [0.3, 0.4) is 0 Å². The third kappa shape index (κ3) is 3.32. The molecule has 0 aliphatic rings. The van der Waals surface area contributed by atoms with Crippen molar-refractivity contribution < 1.29 is 9.13 Å². The first-order valence-corrected chi connectivity index (χ1v) is 7.25. The smallest absolute Gasteiger partial charge is 0.129 e. The Labute approximate surface area is 123 Å². The summed E-state index contributed by atoms with van der Waals surface area (Å²) in [4.78, 5) is 1.98. The molecule has 0 spiro atoms. The fraction of sp³-hybridized carbons (Fsp3) is 0.250. The second kappa shape index (κ2) is 6.77. The molecular weight excluding hydrogens is 273 g/mol. The van der Waals surface area contributed by atoms with E-state index in [4.69, 9.17) is 4.74 Å². The van der Waals surface area contributed by atoms with E-state index in [2.05, 4.69) is 5.32 Å². The van der Waals surface area contributed by atoms with Crippen LogP contribution in [0, 0.1) is 5.82 Å². The van der Waals surface area contributed by atoms with Crippen molar-refractivity contribution in [2.75, 3.05) is 14.2 Å². The van der Waals surface area contributed by atoms with Crippen molar-refractivity contribution in [3.8, 4) is 5.75 Å². The van der Waals surface area contributed by atoms with E-state index in [1.807, 2.05) is 44.3 Å². The zero-order valence-corrected chi connectivity index (χ0v) is 12.6. The molecule has 0 radical (unpaired) electrons. The second-order valence-corrected chi connectivity index (χ2v) is 5.55. The Kier molecular flexibility index (Phi) is 5.04. The van der Waals surface area contributed by atoms with E-state index in [0.717, 1.165) is 15.5 Å². The van der Waals surface area contributed by atoms with Crippen LogP contribution in [-0.2, 0) is 0 Å². The van der Waals surface area contributed by atoms with Crippen molar-refractivity contribution >= 4 is 11.8 Å². The summed E-state index contributed by atoms with van der Waals surface area (Å²) in [5, 5.41) is 3.09. The van der Waals surface area contributed by atoms with Gasteiger partial charge in [-0.3, -0.25) is 0 Å². The normalized spacial score (nSPS) is 12.2. The molecule has 1 unspecified atom stereocenters. The second-order valence-electron chi connectivity index (χ2n) is 4.44. The summed E-state index contributed by atoms with van der Waals surface area (Å²) in [6.07, 6.45) is 0. The Morgan fingerprint density at radius 1 is 1.15 bits per heavy atom. The third-order valence-electron chi connectivity index (χ3n) is 3.17. The molecular formula is C16H18FNOS. The van der Waals surface area contributed by atoms with Crippen molar-refractivity contribution in [1.29, 1.82) is 0 Å². The molecule has 0 saturated carbocycles. The minimum Gasteiger partial charge on any atom is -0.497 e. The first-order valence-electron chi connectivity index (χ1n) is 6.43. The molecule has 2 rings (SSSR count). The molecule has 20 heavy (non-hydrogen) atoms. The summed E-state index contributed by atoms with van der Waals surface area (Å²) in [6.45, 7) is 1.95. The van der Waals surface area contributed by atoms with Crippen LogP contribution in [-0.4, -0.2) is 14.2 Å². The van der Waals surface area contributed by atoms with Crippen LogP contribution in [0.5, 0.6) is 5.75 Å². The number of rotatable bonds is 5. The Morgan fingerprint density at radius 3 is 2.45 bits per heavy atom. The highest BCUT2D eigenvalue weighted by Crippen LogP contribution is 2.35. The molecule has 0 aliphatic carbocycles. The lowest BCUT2D eigenvalue weighted by molar-refractivity contribution is 0.414. The Morgan fingerprint density at radius 2 is 1.85 bits per heavy atom. The van der Waals surface area contributed by atoms with Crippen LogP contribution < -0.4 is 10.1 Å². The third-order valence-corrected chi connectivity index (χ3v) is 4.25. The van der Waals surface area contributed by atoms with Gasteiger partial charge in [0, 0.05) is 21.4 Å². The quantitative estimate of drug-likeness (QED) is 0.889. The average Bonchev–Trinajstić information content (AvgIpc) is 2.47. The number of hydrogen-bond acceptors (Lipinski definition) is 3. The number of halogens is 1. The molecule has 2 nitrogen and oxygen atoms in total. The van der Waals surface area contributed by atoms with Crippen LogP contribution >= 0.6 is 11.8 Å². The number of benzene rings is 2. The Hall–Kier alpha value is -1.52. The van der Waals surface area contributed by atoms with Crippen LogP contribution in [0.2, 0.25) is 0 Å². The van der Waals surface area contributed by atoms with Crippen LogP contribution in [0.1, 0.15) is 18.5 Å². The summed E-state index contributed by atoms with van der Waals surface area (Å²) in [5.74, 6) is 0.641. The van der Waals surface area contributed by atoms with Crippen molar-refractivity contribution in [2.45, 2.75) is 22.8 Å². The molecule has 0 saturated heterocycles. The van der Waals surface area contributed by atoms with Gasteiger partial charge in [0.15, 0.2) is 0 Å². The summed E-state index contributed by atoms with van der Waals surface area (Å²) >= 11 is 1.56. The number of hydrogen-bond donors (Lipinski definition) is 1. The number of methoxy groups -OCH3 is 1. The van der Waals surface area contributed by atoms with Crippen LogP contribution in [0.25, 0.3) is 0 Å². The van der Waals surface area contributed by atoms with Crippen LogP contribution in [0.15, 0.2) is 52.3 Å². The van der Waals surface area contributed by atoms with Crippen molar-refractivity contribution in [1.82, 2.24) is 5.32 Å². The number of ether oxygens (including phenoxy) is 1. The fourth-order valence-corrected chi connectivity index (χ4v) is 3.00. The van der Waals surface area contributed by atoms with Crippen molar-refractivity contribution in [2.24, 2.45) is 0 Å². The first kappa shape index (κ1) is 14.9. The molecule has 1 atom stereocenters. The van der Waals surface area contributed by atoms with E-state index < -0.39 is 0 Å². The zero-order valence-electron chi connectivity index (χ0n) is 11.8. The van der Waals surface area contributed by atoms with E-state index in [1.165, 1.54) is 6.07 Å². The van der Waals surface area contributed by atoms with Gasteiger partial charge in [-0.15, -0.1) is 0 Å². The lowest BCUT2D eigenvalue weighted by Gasteiger charge is -2.16. The van der Waals surface area contributed by atoms with Crippen LogP contribution in [0.4, 0.5) is 4.39 Å². The van der Waals surface area contributed by atoms with E-state index in [1.54, 1.807) is 24.9 Å². The molecule has 2 aromatic rings. The van der Waals surface area contributed by atoms with Gasteiger partial charge in [0.2, 0.25) is 0 Å². The molecule has 106 valence electrons. The first-order chi connectivity index (χ1) is 9.65. The minimum atomic E-state index is -0.176. The maximum absolute atomic E-state index is 14.0. The highest BCUT2D eigenvalue weighted by Gasteiger charge is 2.15. The summed E-state index contributed by atoms with van der Waals surface area (Å²) in [5.41, 5.74) is 0.704. The standard InChI is InChI=1S/C16H18FNOS/c1-11(18-2)16-14(17)5-4-6-15(16)20-13-9-7-12(19-3)8-10-13/h4-11,18H,1-3H3. The lowest BCUT2D eigenvalue weighted by Crippen LogP contribution is -2.14. The van der Waals surface area contributed by atoms with Gasteiger partial charge in [0.05, 0.1) is 7.11 Å². The highest BCUT2D eigenvalue weighted by molar-refractivity contribution is 7.99.